The van der Waals surface area contributed by atoms with E-state index in [2.05, 4.69) is 16.0 Å². The third kappa shape index (κ3) is 15.3. The number of ether oxygens (including phenoxy) is 13. The van der Waals surface area contributed by atoms with Gasteiger partial charge in [0.25, 0.3) is 0 Å². The van der Waals surface area contributed by atoms with Gasteiger partial charge in [-0.15, -0.1) is 0 Å². The largest absolute Gasteiger partial charge is 0.394 e. The van der Waals surface area contributed by atoms with Crippen LogP contribution in [0.2, 0.25) is 0 Å². The summed E-state index contributed by atoms with van der Waals surface area (Å²) in [5, 5.41) is 204. The van der Waals surface area contributed by atoms with E-state index in [-0.39, 0.29) is 0 Å². The molecule has 7 fully saturated rings. The van der Waals surface area contributed by atoms with Crippen molar-refractivity contribution >= 4 is 17.7 Å². The molecular formula is C48H81N3O34. The Labute approximate surface area is 483 Å². The lowest BCUT2D eigenvalue weighted by Crippen LogP contribution is -2.72. The molecule has 0 aliphatic carbocycles. The van der Waals surface area contributed by atoms with Crippen LogP contribution in [0.25, 0.3) is 0 Å². The van der Waals surface area contributed by atoms with Crippen molar-refractivity contribution in [2.75, 3.05) is 33.0 Å². The van der Waals surface area contributed by atoms with E-state index < -0.39 is 266 Å². The molecule has 85 heavy (non-hydrogen) atoms. The van der Waals surface area contributed by atoms with E-state index >= 15 is 0 Å². The van der Waals surface area contributed by atoms with Crippen molar-refractivity contribution in [2.24, 2.45) is 0 Å². The van der Waals surface area contributed by atoms with Gasteiger partial charge in [0.2, 0.25) is 17.7 Å². The van der Waals surface area contributed by atoms with Gasteiger partial charge in [-0.25, -0.2) is 0 Å². The highest BCUT2D eigenvalue weighted by molar-refractivity contribution is 5.74. The summed E-state index contributed by atoms with van der Waals surface area (Å²) in [5.41, 5.74) is 0. The fourth-order valence-electron chi connectivity index (χ4n) is 11.0. The van der Waals surface area contributed by atoms with Crippen LogP contribution in [0.4, 0.5) is 0 Å². The normalized spacial score (nSPS) is 49.8. The predicted molar refractivity (Wildman–Crippen MR) is 264 cm³/mol. The highest BCUT2D eigenvalue weighted by Gasteiger charge is 2.59. The summed E-state index contributed by atoms with van der Waals surface area (Å²) in [7, 11) is 0. The molecule has 7 heterocycles. The van der Waals surface area contributed by atoms with Gasteiger partial charge in [-0.05, 0) is 13.8 Å². The number of aliphatic hydroxyl groups is 18. The van der Waals surface area contributed by atoms with Crippen LogP contribution < -0.4 is 16.0 Å². The number of hydrogen-bond donors (Lipinski definition) is 21. The summed E-state index contributed by atoms with van der Waals surface area (Å²) in [6.45, 7) is 0.739. The van der Waals surface area contributed by atoms with Crippen molar-refractivity contribution in [1.82, 2.24) is 16.0 Å². The molecule has 0 saturated carbocycles. The molecular weight excluding hydrogens is 1160 g/mol. The first-order valence-electron chi connectivity index (χ1n) is 27.3. The molecule has 7 aliphatic rings. The van der Waals surface area contributed by atoms with Crippen LogP contribution >= 0.6 is 0 Å². The molecule has 492 valence electrons. The molecule has 7 saturated heterocycles. The molecule has 0 bridgehead atoms. The lowest BCUT2D eigenvalue weighted by atomic mass is 9.93. The van der Waals surface area contributed by atoms with Gasteiger partial charge in [-0.2, -0.15) is 0 Å². The van der Waals surface area contributed by atoms with E-state index in [1.807, 2.05) is 0 Å². The second kappa shape index (κ2) is 29.9. The summed E-state index contributed by atoms with van der Waals surface area (Å²) < 4.78 is 76.8. The molecule has 35 atom stereocenters. The summed E-state index contributed by atoms with van der Waals surface area (Å²) in [4.78, 5) is 37.9. The minimum atomic E-state index is -2.34. The van der Waals surface area contributed by atoms with E-state index in [1.165, 1.54) is 13.8 Å². The van der Waals surface area contributed by atoms with E-state index in [0.717, 1.165) is 20.8 Å². The van der Waals surface area contributed by atoms with E-state index in [0.29, 0.717) is 0 Å². The fourth-order valence-corrected chi connectivity index (χ4v) is 11.0. The lowest BCUT2D eigenvalue weighted by Gasteiger charge is -2.52. The van der Waals surface area contributed by atoms with Crippen LogP contribution in [0.1, 0.15) is 34.6 Å². The molecule has 0 radical (unpaired) electrons. The Morgan fingerprint density at radius 3 is 1.26 bits per heavy atom. The van der Waals surface area contributed by atoms with Crippen molar-refractivity contribution in [1.29, 1.82) is 0 Å². The van der Waals surface area contributed by atoms with Crippen molar-refractivity contribution < 1.29 is 168 Å². The highest BCUT2D eigenvalue weighted by Crippen LogP contribution is 2.39. The van der Waals surface area contributed by atoms with E-state index in [9.17, 15) is 106 Å². The van der Waals surface area contributed by atoms with Crippen LogP contribution in [0.5, 0.6) is 0 Å². The number of hydrogen-bond acceptors (Lipinski definition) is 34. The van der Waals surface area contributed by atoms with Crippen molar-refractivity contribution in [3.05, 3.63) is 0 Å². The lowest BCUT2D eigenvalue weighted by molar-refractivity contribution is -0.399. The average Bonchev–Trinajstić information content (AvgIpc) is 2.15. The highest BCUT2D eigenvalue weighted by atomic mass is 16.8. The number of amides is 3. The van der Waals surface area contributed by atoms with Crippen molar-refractivity contribution in [3.63, 3.8) is 0 Å². The molecule has 37 nitrogen and oxygen atoms in total. The summed E-state index contributed by atoms with van der Waals surface area (Å²) in [5.74, 6) is -2.49. The van der Waals surface area contributed by atoms with Gasteiger partial charge in [0.05, 0.1) is 45.2 Å². The van der Waals surface area contributed by atoms with Crippen LogP contribution in [-0.4, -0.2) is 357 Å². The molecule has 0 spiro atoms. The van der Waals surface area contributed by atoms with Crippen LogP contribution in [0.3, 0.4) is 0 Å². The first kappa shape index (κ1) is 69.6. The van der Waals surface area contributed by atoms with Crippen molar-refractivity contribution in [3.8, 4) is 0 Å². The summed E-state index contributed by atoms with van der Waals surface area (Å²) in [6, 6.07) is -5.18. The standard InChI is InChI=1S/C48H81N3O34/c1-11-24(59)31(66)34(69)45(74-11)81-37-19(9-55)80-44(23(51-15(5)58)39(37)83-48-41(33(68)27(62)17(7-53)79-48)85-46-35(70)32(67)25(60)12(2)75-46)84-40-28(63)18(8-54)78-47(36(40)71)82-38-22(50-14(4)57)42(72)76-20(29(38)64)10-73-43-21(49-13(3)56)30(65)26(61)16(6-52)77-43/h11-12,16-48,52-55,59-72H,6-10H2,1-5H3,(H,49,56)(H,50,57)(H,51,58)/t11-,12-,16+,17+,18+,19+,20+,21+,22+,23+,24+,25+,26+,27-,28-,29-,30+,31+,32+,33-,34-,35-,36+,37+,38+,39+,40-,41+,42?,43+,44-,45-,46-,47-,48-/m0/s1. The first-order valence-corrected chi connectivity index (χ1v) is 27.3. The maximum absolute atomic E-state index is 13.3. The van der Waals surface area contributed by atoms with Crippen molar-refractivity contribution in [2.45, 2.75) is 249 Å². The summed E-state index contributed by atoms with van der Waals surface area (Å²) in [6.07, 6.45) is -60.9. The average molecular weight is 1240 g/mol. The topological polar surface area (TPSA) is 571 Å². The molecule has 0 aromatic heterocycles. The summed E-state index contributed by atoms with van der Waals surface area (Å²) >= 11 is 0. The number of aliphatic hydroxyl groups excluding tert-OH is 18. The fraction of sp³-hybridized carbons (Fsp3) is 0.938. The molecule has 7 aliphatic heterocycles. The second-order valence-electron chi connectivity index (χ2n) is 21.8. The van der Waals surface area contributed by atoms with Gasteiger partial charge >= 0.3 is 0 Å². The third-order valence-corrected chi connectivity index (χ3v) is 15.7. The Bertz CT molecular complexity index is 2150. The SMILES string of the molecule is CC(=O)N[C@H]1[C@H](OC[C@H]2OC(O)[C@H](NC(C)=O)[C@@H](O[C@@H]3O[C@H](CO)[C@H](O)[C@H](O[C@@H]4O[C@H](CO)[C@@H](O[C@@H]5O[C@@H](C)[C@@H](O)[C@@H](O)[C@@H]5O)[C@H](O[C@@H]5O[C@H](CO)[C@H](O)[C@H](O)[C@H]5O[C@@H]5O[C@@H](C)[C@@H](O)[C@@H](O)[C@@H]5O)[C@H]4NC(C)=O)[C@H]3O)[C@H]2O)O[C@H](CO)[C@@H](O)[C@@H]1O. The Kier molecular flexibility index (Phi) is 24.5. The Morgan fingerprint density at radius 2 is 0.729 bits per heavy atom. The van der Waals surface area contributed by atoms with Gasteiger partial charge in [-0.1, -0.05) is 0 Å². The Morgan fingerprint density at radius 1 is 0.329 bits per heavy atom. The maximum atomic E-state index is 13.3. The predicted octanol–water partition coefficient (Wildman–Crippen LogP) is -13.8. The zero-order valence-electron chi connectivity index (χ0n) is 46.3. The first-order chi connectivity index (χ1) is 40.1. The molecule has 37 heteroatoms. The Hall–Kier alpha value is -2.83. The quantitative estimate of drug-likeness (QED) is 0.0538. The molecule has 1 unspecified atom stereocenters. The second-order valence-corrected chi connectivity index (χ2v) is 21.8. The maximum Gasteiger partial charge on any atom is 0.217 e. The van der Waals surface area contributed by atoms with Gasteiger partial charge < -0.3 is 169 Å². The van der Waals surface area contributed by atoms with Crippen LogP contribution in [0.15, 0.2) is 0 Å². The van der Waals surface area contributed by atoms with Gasteiger partial charge in [0.1, 0.15) is 159 Å². The zero-order valence-corrected chi connectivity index (χ0v) is 46.3. The smallest absolute Gasteiger partial charge is 0.217 e. The molecule has 7 rings (SSSR count). The minimum Gasteiger partial charge on any atom is -0.394 e. The van der Waals surface area contributed by atoms with Gasteiger partial charge in [-0.3, -0.25) is 14.4 Å². The molecule has 3 amide bonds. The van der Waals surface area contributed by atoms with Crippen LogP contribution in [-0.2, 0) is 76.0 Å². The minimum absolute atomic E-state index is 0.712. The zero-order chi connectivity index (χ0) is 62.8. The van der Waals surface area contributed by atoms with E-state index in [1.54, 1.807) is 0 Å². The number of carbonyl (C=O) groups is 3. The van der Waals surface area contributed by atoms with E-state index in [4.69, 9.17) is 61.6 Å². The Balaban J connectivity index is 1.22. The monoisotopic (exact) mass is 1240 g/mol. The number of carbonyl (C=O) groups excluding carboxylic acids is 3. The number of nitrogens with one attached hydrogen (secondary N) is 3. The van der Waals surface area contributed by atoms with Gasteiger partial charge in [0, 0.05) is 20.8 Å². The number of rotatable bonds is 20. The van der Waals surface area contributed by atoms with Gasteiger partial charge in [0.15, 0.2) is 44.0 Å². The molecule has 0 aromatic carbocycles. The molecule has 0 aromatic rings. The van der Waals surface area contributed by atoms with Crippen LogP contribution in [0, 0.1) is 0 Å². The molecule has 21 N–H and O–H groups in total. The third-order valence-electron chi connectivity index (χ3n) is 15.7.